The second kappa shape index (κ2) is 10.1. The lowest BCUT2D eigenvalue weighted by atomic mass is 10.2. The topological polar surface area (TPSA) is 56.1 Å². The Morgan fingerprint density at radius 2 is 1.84 bits per heavy atom. The van der Waals surface area contributed by atoms with E-state index in [4.69, 9.17) is 32.9 Å². The standard InChI is InChI=1S/C25H23Cl2N3O2/c1-17-16-20(10-11-21(17)27)32-15-14-30-23-5-3-2-4-22(23)29-24(30)12-13-28-25(31)18-6-8-19(26)9-7-18/h2-11,16H,12-15H2,1H3,(H,28,31). The zero-order valence-electron chi connectivity index (χ0n) is 17.6. The van der Waals surface area contributed by atoms with Crippen molar-refractivity contribution in [3.63, 3.8) is 0 Å². The molecule has 5 nitrogen and oxygen atoms in total. The number of para-hydroxylation sites is 2. The van der Waals surface area contributed by atoms with Gasteiger partial charge in [0.2, 0.25) is 0 Å². The highest BCUT2D eigenvalue weighted by Gasteiger charge is 2.12. The number of carbonyl (C=O) groups excluding carboxylic acids is 1. The van der Waals surface area contributed by atoms with E-state index >= 15 is 0 Å². The van der Waals surface area contributed by atoms with Crippen LogP contribution in [-0.4, -0.2) is 28.6 Å². The predicted octanol–water partition coefficient (Wildman–Crippen LogP) is 5.70. The van der Waals surface area contributed by atoms with Crippen LogP contribution in [0.5, 0.6) is 5.75 Å². The number of imidazole rings is 1. The molecule has 0 saturated heterocycles. The van der Waals surface area contributed by atoms with Gasteiger partial charge in [-0.15, -0.1) is 0 Å². The van der Waals surface area contributed by atoms with E-state index in [2.05, 4.69) is 9.88 Å². The lowest BCUT2D eigenvalue weighted by Crippen LogP contribution is -2.26. The number of halogens is 2. The average molecular weight is 468 g/mol. The molecule has 164 valence electrons. The molecule has 32 heavy (non-hydrogen) atoms. The van der Waals surface area contributed by atoms with Gasteiger partial charge in [-0.05, 0) is 67.1 Å². The molecule has 0 bridgehead atoms. The third-order valence-corrected chi connectivity index (χ3v) is 5.86. The van der Waals surface area contributed by atoms with Gasteiger partial charge in [-0.2, -0.15) is 0 Å². The maximum atomic E-state index is 12.4. The molecule has 1 N–H and O–H groups in total. The monoisotopic (exact) mass is 467 g/mol. The van der Waals surface area contributed by atoms with Gasteiger partial charge >= 0.3 is 0 Å². The van der Waals surface area contributed by atoms with E-state index in [1.165, 1.54) is 0 Å². The number of amides is 1. The fourth-order valence-corrected chi connectivity index (χ4v) is 3.76. The molecule has 3 aromatic carbocycles. The average Bonchev–Trinajstić information content (AvgIpc) is 3.14. The second-order valence-electron chi connectivity index (χ2n) is 7.44. The van der Waals surface area contributed by atoms with Crippen molar-refractivity contribution >= 4 is 40.1 Å². The van der Waals surface area contributed by atoms with Crippen LogP contribution in [0.2, 0.25) is 10.0 Å². The summed E-state index contributed by atoms with van der Waals surface area (Å²) in [5.74, 6) is 1.55. The van der Waals surface area contributed by atoms with E-state index in [9.17, 15) is 4.79 Å². The van der Waals surface area contributed by atoms with E-state index in [-0.39, 0.29) is 5.91 Å². The van der Waals surface area contributed by atoms with Crippen LogP contribution in [0, 0.1) is 6.92 Å². The smallest absolute Gasteiger partial charge is 0.251 e. The summed E-state index contributed by atoms with van der Waals surface area (Å²) in [4.78, 5) is 17.1. The second-order valence-corrected chi connectivity index (χ2v) is 8.28. The molecular formula is C25H23Cl2N3O2. The van der Waals surface area contributed by atoms with Crippen LogP contribution in [-0.2, 0) is 13.0 Å². The summed E-state index contributed by atoms with van der Waals surface area (Å²) in [5.41, 5.74) is 3.53. The SMILES string of the molecule is Cc1cc(OCCn2c(CCNC(=O)c3ccc(Cl)cc3)nc3ccccc32)ccc1Cl. The fraction of sp³-hybridized carbons (Fsp3) is 0.200. The molecule has 0 aliphatic rings. The molecule has 1 heterocycles. The first-order valence-electron chi connectivity index (χ1n) is 10.4. The number of rotatable bonds is 8. The number of benzene rings is 3. The highest BCUT2D eigenvalue weighted by Crippen LogP contribution is 2.22. The molecule has 0 atom stereocenters. The summed E-state index contributed by atoms with van der Waals surface area (Å²) in [6.07, 6.45) is 0.605. The van der Waals surface area contributed by atoms with Crippen molar-refractivity contribution in [2.75, 3.05) is 13.2 Å². The van der Waals surface area contributed by atoms with Gasteiger partial charge in [-0.25, -0.2) is 4.98 Å². The van der Waals surface area contributed by atoms with E-state index in [1.807, 2.05) is 49.4 Å². The van der Waals surface area contributed by atoms with Crippen LogP contribution in [0.4, 0.5) is 0 Å². The minimum atomic E-state index is -0.134. The quantitative estimate of drug-likeness (QED) is 0.361. The van der Waals surface area contributed by atoms with Gasteiger partial charge in [-0.1, -0.05) is 35.3 Å². The van der Waals surface area contributed by atoms with E-state index in [0.29, 0.717) is 36.7 Å². The molecular weight excluding hydrogens is 445 g/mol. The Labute approximate surface area is 196 Å². The van der Waals surface area contributed by atoms with E-state index < -0.39 is 0 Å². The summed E-state index contributed by atoms with van der Waals surface area (Å²) in [5, 5.41) is 4.28. The van der Waals surface area contributed by atoms with Crippen LogP contribution in [0.1, 0.15) is 21.7 Å². The Morgan fingerprint density at radius 1 is 1.06 bits per heavy atom. The maximum Gasteiger partial charge on any atom is 0.251 e. The highest BCUT2D eigenvalue weighted by molar-refractivity contribution is 6.31. The molecule has 0 fully saturated rings. The zero-order chi connectivity index (χ0) is 22.5. The summed E-state index contributed by atoms with van der Waals surface area (Å²) in [7, 11) is 0. The molecule has 0 aliphatic heterocycles. The van der Waals surface area contributed by atoms with Gasteiger partial charge < -0.3 is 14.6 Å². The van der Waals surface area contributed by atoms with E-state index in [0.717, 1.165) is 33.2 Å². The largest absolute Gasteiger partial charge is 0.492 e. The molecule has 4 aromatic rings. The van der Waals surface area contributed by atoms with Gasteiger partial charge in [0.05, 0.1) is 17.6 Å². The molecule has 1 aromatic heterocycles. The summed E-state index contributed by atoms with van der Waals surface area (Å²) in [6, 6.07) is 20.5. The number of aryl methyl sites for hydroxylation is 1. The molecule has 0 saturated carbocycles. The Morgan fingerprint density at radius 3 is 2.62 bits per heavy atom. The minimum Gasteiger partial charge on any atom is -0.492 e. The Balaban J connectivity index is 1.42. The highest BCUT2D eigenvalue weighted by atomic mass is 35.5. The normalized spacial score (nSPS) is 11.0. The number of ether oxygens (including phenoxy) is 1. The number of carbonyl (C=O) groups is 1. The number of hydrogen-bond acceptors (Lipinski definition) is 3. The van der Waals surface area contributed by atoms with Crippen molar-refractivity contribution in [2.24, 2.45) is 0 Å². The third-order valence-electron chi connectivity index (χ3n) is 5.19. The number of nitrogens with zero attached hydrogens (tertiary/aromatic N) is 2. The maximum absolute atomic E-state index is 12.4. The van der Waals surface area contributed by atoms with Gasteiger partial charge in [0, 0.05) is 28.6 Å². The minimum absolute atomic E-state index is 0.134. The fourth-order valence-electron chi connectivity index (χ4n) is 3.52. The molecule has 7 heteroatoms. The molecule has 0 radical (unpaired) electrons. The van der Waals surface area contributed by atoms with Gasteiger partial charge in [-0.3, -0.25) is 4.79 Å². The number of aromatic nitrogens is 2. The third kappa shape index (κ3) is 5.23. The van der Waals surface area contributed by atoms with Crippen LogP contribution in [0.3, 0.4) is 0 Å². The predicted molar refractivity (Wildman–Crippen MR) is 129 cm³/mol. The first-order valence-corrected chi connectivity index (χ1v) is 11.1. The van der Waals surface area contributed by atoms with Gasteiger partial charge in [0.15, 0.2) is 0 Å². The van der Waals surface area contributed by atoms with Crippen molar-refractivity contribution in [1.82, 2.24) is 14.9 Å². The van der Waals surface area contributed by atoms with Crippen molar-refractivity contribution in [3.8, 4) is 5.75 Å². The van der Waals surface area contributed by atoms with E-state index in [1.54, 1.807) is 24.3 Å². The molecule has 4 rings (SSSR count). The lowest BCUT2D eigenvalue weighted by Gasteiger charge is -2.12. The summed E-state index contributed by atoms with van der Waals surface area (Å²) in [6.45, 7) is 3.56. The molecule has 1 amide bonds. The molecule has 0 aliphatic carbocycles. The van der Waals surface area contributed by atoms with Crippen LogP contribution in [0.25, 0.3) is 11.0 Å². The zero-order valence-corrected chi connectivity index (χ0v) is 19.2. The Kier molecular flexibility index (Phi) is 6.98. The van der Waals surface area contributed by atoms with Crippen LogP contribution in [0.15, 0.2) is 66.7 Å². The number of hydrogen-bond donors (Lipinski definition) is 1. The van der Waals surface area contributed by atoms with Gasteiger partial charge in [0.1, 0.15) is 18.2 Å². The molecule has 0 spiro atoms. The van der Waals surface area contributed by atoms with Crippen LogP contribution >= 0.6 is 23.2 Å². The van der Waals surface area contributed by atoms with Crippen LogP contribution < -0.4 is 10.1 Å². The van der Waals surface area contributed by atoms with Crippen molar-refractivity contribution in [2.45, 2.75) is 19.9 Å². The first kappa shape index (κ1) is 22.2. The number of nitrogens with one attached hydrogen (secondary N) is 1. The molecule has 0 unspecified atom stereocenters. The number of fused-ring (bicyclic) bond motifs is 1. The van der Waals surface area contributed by atoms with Crippen molar-refractivity contribution in [3.05, 3.63) is 93.7 Å². The Hall–Kier alpha value is -3.02. The summed E-state index contributed by atoms with van der Waals surface area (Å²) >= 11 is 12.0. The van der Waals surface area contributed by atoms with Crippen molar-refractivity contribution in [1.29, 1.82) is 0 Å². The van der Waals surface area contributed by atoms with Crippen molar-refractivity contribution < 1.29 is 9.53 Å². The lowest BCUT2D eigenvalue weighted by molar-refractivity contribution is 0.0954. The summed E-state index contributed by atoms with van der Waals surface area (Å²) < 4.78 is 8.09. The Bertz CT molecular complexity index is 1240. The van der Waals surface area contributed by atoms with Gasteiger partial charge in [0.25, 0.3) is 5.91 Å². The first-order chi connectivity index (χ1) is 15.5.